The van der Waals surface area contributed by atoms with Gasteiger partial charge in [0.1, 0.15) is 5.60 Å². The zero-order valence-electron chi connectivity index (χ0n) is 11.6. The molecule has 1 aromatic heterocycles. The molecule has 0 aromatic carbocycles. The van der Waals surface area contributed by atoms with Crippen molar-refractivity contribution < 1.29 is 18.7 Å². The maximum Gasteiger partial charge on any atom is 0.352 e. The topological polar surface area (TPSA) is 53.4 Å². The quantitative estimate of drug-likeness (QED) is 0.931. The van der Waals surface area contributed by atoms with Gasteiger partial charge in [-0.3, -0.25) is 9.78 Å². The SMILES string of the molecule is O=C(N1CCCC1c1ccncc1)C(F)(F)C1(O)CCC1. The minimum Gasteiger partial charge on any atom is -0.383 e. The van der Waals surface area contributed by atoms with Crippen LogP contribution in [0, 0.1) is 0 Å². The van der Waals surface area contributed by atoms with Crippen LogP contribution in [0.25, 0.3) is 0 Å². The first kappa shape index (κ1) is 14.4. The van der Waals surface area contributed by atoms with Crippen LogP contribution >= 0.6 is 0 Å². The Morgan fingerprint density at radius 3 is 2.57 bits per heavy atom. The zero-order chi connectivity index (χ0) is 15.1. The minimum absolute atomic E-state index is 0.0144. The molecule has 1 N–H and O–H groups in total. The molecule has 0 spiro atoms. The van der Waals surface area contributed by atoms with E-state index >= 15 is 0 Å². The number of nitrogens with zero attached hydrogens (tertiary/aromatic N) is 2. The molecular formula is C15H18F2N2O2. The van der Waals surface area contributed by atoms with Crippen LogP contribution in [0.2, 0.25) is 0 Å². The highest BCUT2D eigenvalue weighted by atomic mass is 19.3. The molecule has 0 radical (unpaired) electrons. The highest BCUT2D eigenvalue weighted by molar-refractivity contribution is 5.85. The van der Waals surface area contributed by atoms with Crippen molar-refractivity contribution in [3.63, 3.8) is 0 Å². The van der Waals surface area contributed by atoms with Gasteiger partial charge in [-0.25, -0.2) is 0 Å². The molecule has 0 bridgehead atoms. The van der Waals surface area contributed by atoms with Crippen molar-refractivity contribution in [1.29, 1.82) is 0 Å². The fourth-order valence-electron chi connectivity index (χ4n) is 3.15. The third-order valence-corrected chi connectivity index (χ3v) is 4.64. The summed E-state index contributed by atoms with van der Waals surface area (Å²) >= 11 is 0. The maximum absolute atomic E-state index is 14.3. The van der Waals surface area contributed by atoms with Crippen LogP contribution in [0.5, 0.6) is 0 Å². The van der Waals surface area contributed by atoms with E-state index in [-0.39, 0.29) is 18.9 Å². The summed E-state index contributed by atoms with van der Waals surface area (Å²) in [6, 6.07) is 3.13. The number of carbonyl (C=O) groups is 1. The normalized spacial score (nSPS) is 24.7. The Hall–Kier alpha value is -1.56. The average Bonchev–Trinajstić information content (AvgIpc) is 2.93. The van der Waals surface area contributed by atoms with E-state index in [2.05, 4.69) is 4.98 Å². The summed E-state index contributed by atoms with van der Waals surface area (Å²) in [6.45, 7) is 0.303. The van der Waals surface area contributed by atoms with E-state index in [0.29, 0.717) is 25.8 Å². The van der Waals surface area contributed by atoms with Crippen LogP contribution in [-0.2, 0) is 4.79 Å². The number of rotatable bonds is 3. The summed E-state index contributed by atoms with van der Waals surface area (Å²) in [5, 5.41) is 9.92. The molecule has 21 heavy (non-hydrogen) atoms. The van der Waals surface area contributed by atoms with Crippen molar-refractivity contribution in [3.05, 3.63) is 30.1 Å². The Bertz CT molecular complexity index is 532. The van der Waals surface area contributed by atoms with Crippen molar-refractivity contribution >= 4 is 5.91 Å². The van der Waals surface area contributed by atoms with Crippen LogP contribution in [0.1, 0.15) is 43.7 Å². The summed E-state index contributed by atoms with van der Waals surface area (Å²) in [5.74, 6) is -4.95. The average molecular weight is 296 g/mol. The van der Waals surface area contributed by atoms with Gasteiger partial charge in [-0.1, -0.05) is 0 Å². The molecule has 1 saturated heterocycles. The molecule has 1 aliphatic carbocycles. The van der Waals surface area contributed by atoms with Crippen LogP contribution in [0.15, 0.2) is 24.5 Å². The molecule has 2 fully saturated rings. The van der Waals surface area contributed by atoms with Crippen LogP contribution in [-0.4, -0.2) is 39.0 Å². The van der Waals surface area contributed by atoms with Gasteiger partial charge in [-0.05, 0) is 49.8 Å². The van der Waals surface area contributed by atoms with E-state index in [9.17, 15) is 18.7 Å². The number of hydrogen-bond donors (Lipinski definition) is 1. The summed E-state index contributed by atoms with van der Waals surface area (Å²) in [4.78, 5) is 17.4. The Kier molecular flexibility index (Phi) is 3.43. The summed E-state index contributed by atoms with van der Waals surface area (Å²) in [7, 11) is 0. The fraction of sp³-hybridized carbons (Fsp3) is 0.600. The fourth-order valence-corrected chi connectivity index (χ4v) is 3.15. The van der Waals surface area contributed by atoms with Gasteiger partial charge in [0.2, 0.25) is 0 Å². The predicted octanol–water partition coefficient (Wildman–Crippen LogP) is 2.30. The lowest BCUT2D eigenvalue weighted by Gasteiger charge is -2.43. The molecular weight excluding hydrogens is 278 g/mol. The first-order valence-corrected chi connectivity index (χ1v) is 7.27. The van der Waals surface area contributed by atoms with Gasteiger partial charge in [0, 0.05) is 18.9 Å². The van der Waals surface area contributed by atoms with Crippen molar-refractivity contribution in [2.45, 2.75) is 49.7 Å². The largest absolute Gasteiger partial charge is 0.383 e. The van der Waals surface area contributed by atoms with E-state index in [0.717, 1.165) is 5.56 Å². The van der Waals surface area contributed by atoms with Gasteiger partial charge in [-0.15, -0.1) is 0 Å². The number of pyridine rings is 1. The van der Waals surface area contributed by atoms with Crippen molar-refractivity contribution in [3.8, 4) is 0 Å². The molecule has 6 heteroatoms. The number of alkyl halides is 2. The highest BCUT2D eigenvalue weighted by Crippen LogP contribution is 2.46. The Morgan fingerprint density at radius 1 is 1.33 bits per heavy atom. The van der Waals surface area contributed by atoms with Gasteiger partial charge < -0.3 is 10.0 Å². The third-order valence-electron chi connectivity index (χ3n) is 4.64. The number of aliphatic hydroxyl groups is 1. The van der Waals surface area contributed by atoms with E-state index in [1.54, 1.807) is 24.5 Å². The van der Waals surface area contributed by atoms with Gasteiger partial charge in [0.25, 0.3) is 5.91 Å². The summed E-state index contributed by atoms with van der Waals surface area (Å²) in [5.41, 5.74) is -1.35. The lowest BCUT2D eigenvalue weighted by molar-refractivity contribution is -0.224. The van der Waals surface area contributed by atoms with Crippen LogP contribution in [0.3, 0.4) is 0 Å². The van der Waals surface area contributed by atoms with Crippen LogP contribution < -0.4 is 0 Å². The second-order valence-corrected chi connectivity index (χ2v) is 5.90. The lowest BCUT2D eigenvalue weighted by atomic mass is 9.75. The van der Waals surface area contributed by atoms with Gasteiger partial charge in [0.15, 0.2) is 0 Å². The molecule has 2 heterocycles. The van der Waals surface area contributed by atoms with Gasteiger partial charge in [-0.2, -0.15) is 8.78 Å². The first-order chi connectivity index (χ1) is 9.96. The number of halogens is 2. The second kappa shape index (κ2) is 5.02. The third kappa shape index (κ3) is 2.21. The summed E-state index contributed by atoms with van der Waals surface area (Å²) in [6.07, 6.45) is 5.03. The van der Waals surface area contributed by atoms with Gasteiger partial charge in [0.05, 0.1) is 6.04 Å². The molecule has 1 atom stereocenters. The predicted molar refractivity (Wildman–Crippen MR) is 71.7 cm³/mol. The number of carbonyl (C=O) groups excluding carboxylic acids is 1. The number of aromatic nitrogens is 1. The number of amides is 1. The minimum atomic E-state index is -3.71. The Balaban J connectivity index is 1.83. The molecule has 1 amide bonds. The Morgan fingerprint density at radius 2 is 2.00 bits per heavy atom. The van der Waals surface area contributed by atoms with E-state index < -0.39 is 17.4 Å². The number of hydrogen-bond acceptors (Lipinski definition) is 3. The Labute approximate surface area is 121 Å². The molecule has 1 aliphatic heterocycles. The van der Waals surface area contributed by atoms with E-state index in [4.69, 9.17) is 0 Å². The van der Waals surface area contributed by atoms with Crippen molar-refractivity contribution in [2.24, 2.45) is 0 Å². The van der Waals surface area contributed by atoms with Crippen LogP contribution in [0.4, 0.5) is 8.78 Å². The van der Waals surface area contributed by atoms with Crippen molar-refractivity contribution in [1.82, 2.24) is 9.88 Å². The molecule has 1 saturated carbocycles. The smallest absolute Gasteiger partial charge is 0.352 e. The first-order valence-electron chi connectivity index (χ1n) is 7.27. The molecule has 3 rings (SSSR count). The number of likely N-dealkylation sites (tertiary alicyclic amines) is 1. The van der Waals surface area contributed by atoms with E-state index in [1.807, 2.05) is 0 Å². The molecule has 1 aromatic rings. The monoisotopic (exact) mass is 296 g/mol. The standard InChI is InChI=1S/C15H18F2N2O2/c16-15(17,14(21)6-2-7-14)13(20)19-10-1-3-12(19)11-4-8-18-9-5-11/h4-5,8-9,12,21H,1-3,6-7,10H2. The summed E-state index contributed by atoms with van der Waals surface area (Å²) < 4.78 is 28.7. The zero-order valence-corrected chi connectivity index (χ0v) is 11.6. The van der Waals surface area contributed by atoms with Gasteiger partial charge >= 0.3 is 5.92 Å². The van der Waals surface area contributed by atoms with Crippen molar-refractivity contribution in [2.75, 3.05) is 6.54 Å². The van der Waals surface area contributed by atoms with E-state index in [1.165, 1.54) is 4.90 Å². The molecule has 1 unspecified atom stereocenters. The lowest BCUT2D eigenvalue weighted by Crippen LogP contribution is -2.61. The molecule has 2 aliphatic rings. The maximum atomic E-state index is 14.3. The molecule has 4 nitrogen and oxygen atoms in total. The second-order valence-electron chi connectivity index (χ2n) is 5.90. The highest BCUT2D eigenvalue weighted by Gasteiger charge is 2.63. The molecule has 114 valence electrons.